The van der Waals surface area contributed by atoms with Crippen LogP contribution in [0.1, 0.15) is 22.3 Å². The number of hydrogen-bond donors (Lipinski definition) is 1. The van der Waals surface area contributed by atoms with Gasteiger partial charge in [-0.2, -0.15) is 4.52 Å². The van der Waals surface area contributed by atoms with Crippen molar-refractivity contribution >= 4 is 33.6 Å². The summed E-state index contributed by atoms with van der Waals surface area (Å²) in [7, 11) is 3.25. The highest BCUT2D eigenvalue weighted by molar-refractivity contribution is 7.17. The molecule has 0 amide bonds. The number of halogens is 1. The van der Waals surface area contributed by atoms with Gasteiger partial charge in [0, 0.05) is 36.9 Å². The van der Waals surface area contributed by atoms with Crippen molar-refractivity contribution in [1.29, 1.82) is 0 Å². The van der Waals surface area contributed by atoms with Crippen LogP contribution in [0.15, 0.2) is 42.5 Å². The van der Waals surface area contributed by atoms with Gasteiger partial charge in [0.2, 0.25) is 10.8 Å². The minimum absolute atomic E-state index is 0.123. The molecule has 1 atom stereocenters. The van der Waals surface area contributed by atoms with E-state index < -0.39 is 0 Å². The molecular weight excluding hydrogens is 474 g/mol. The number of aryl methyl sites for hydroxylation is 1. The highest BCUT2D eigenvalue weighted by Crippen LogP contribution is 2.42. The van der Waals surface area contributed by atoms with E-state index in [9.17, 15) is 5.11 Å². The first kappa shape index (κ1) is 22.8. The molecule has 3 heterocycles. The maximum Gasteiger partial charge on any atom is 0.230 e. The molecule has 4 aromatic rings. The average Bonchev–Trinajstić information content (AvgIpc) is 3.36. The molecule has 0 saturated carbocycles. The molecule has 2 aromatic carbocycles. The van der Waals surface area contributed by atoms with Crippen molar-refractivity contribution < 1.29 is 14.6 Å². The molecule has 0 bridgehead atoms. The van der Waals surface area contributed by atoms with Gasteiger partial charge in [-0.1, -0.05) is 35.1 Å². The van der Waals surface area contributed by atoms with Gasteiger partial charge < -0.3 is 19.5 Å². The molecule has 1 unspecified atom stereocenters. The summed E-state index contributed by atoms with van der Waals surface area (Å²) in [5.74, 6) is 2.07. The zero-order valence-corrected chi connectivity index (χ0v) is 20.8. The molecule has 1 fully saturated rings. The third-order valence-corrected chi connectivity index (χ3v) is 7.44. The number of thiazole rings is 1. The quantitative estimate of drug-likeness (QED) is 0.421. The largest absolute Gasteiger partial charge is 0.493 e. The zero-order valence-electron chi connectivity index (χ0n) is 19.2. The van der Waals surface area contributed by atoms with E-state index in [0.29, 0.717) is 22.3 Å². The van der Waals surface area contributed by atoms with Gasteiger partial charge in [-0.05, 0) is 42.8 Å². The molecule has 5 rings (SSSR count). The molecule has 34 heavy (non-hydrogen) atoms. The maximum atomic E-state index is 11.1. The monoisotopic (exact) mass is 499 g/mol. The lowest BCUT2D eigenvalue weighted by molar-refractivity contribution is 0.210. The Labute approximate surface area is 206 Å². The smallest absolute Gasteiger partial charge is 0.230 e. The summed E-state index contributed by atoms with van der Waals surface area (Å²) in [4.78, 5) is 10.7. The van der Waals surface area contributed by atoms with Crippen molar-refractivity contribution in [2.24, 2.45) is 0 Å². The highest BCUT2D eigenvalue weighted by atomic mass is 35.5. The predicted octanol–water partition coefficient (Wildman–Crippen LogP) is 4.39. The van der Waals surface area contributed by atoms with E-state index in [1.54, 1.807) is 14.2 Å². The number of fused-ring (bicyclic) bond motifs is 1. The second-order valence-electron chi connectivity index (χ2n) is 8.16. The average molecular weight is 500 g/mol. The number of hydrogen-bond acceptors (Lipinski definition) is 8. The highest BCUT2D eigenvalue weighted by Gasteiger charge is 2.32. The second-order valence-corrected chi connectivity index (χ2v) is 9.61. The Kier molecular flexibility index (Phi) is 6.24. The Morgan fingerprint density at radius 2 is 1.79 bits per heavy atom. The standard InChI is InChI=1S/C24H26ClN5O3S/c1-15-26-24-30(27-15)23(31)22(34-24)21(16-7-8-19(32-2)20(13-16)33-3)29-11-9-28(10-12-29)18-6-4-5-17(25)14-18/h4-8,13-14,21,31H,9-12H2,1-3H3. The second kappa shape index (κ2) is 9.32. The number of aromatic nitrogens is 3. The van der Waals surface area contributed by atoms with Crippen molar-refractivity contribution in [3.8, 4) is 17.4 Å². The fourth-order valence-electron chi connectivity index (χ4n) is 4.49. The van der Waals surface area contributed by atoms with Gasteiger partial charge in [-0.3, -0.25) is 4.90 Å². The van der Waals surface area contributed by atoms with E-state index in [4.69, 9.17) is 21.1 Å². The summed E-state index contributed by atoms with van der Waals surface area (Å²) in [6.45, 7) is 5.10. The summed E-state index contributed by atoms with van der Waals surface area (Å²) in [6, 6.07) is 13.7. The molecule has 1 saturated heterocycles. The molecule has 0 spiro atoms. The van der Waals surface area contributed by atoms with E-state index >= 15 is 0 Å². The summed E-state index contributed by atoms with van der Waals surface area (Å²) in [5.41, 5.74) is 2.12. The van der Waals surface area contributed by atoms with Crippen LogP contribution < -0.4 is 14.4 Å². The first-order valence-electron chi connectivity index (χ1n) is 11.0. The third kappa shape index (κ3) is 4.15. The topological polar surface area (TPSA) is 75.4 Å². The SMILES string of the molecule is COc1ccc(C(c2sc3nc(C)nn3c2O)N2CCN(c3cccc(Cl)c3)CC2)cc1OC. The summed E-state index contributed by atoms with van der Waals surface area (Å²) < 4.78 is 12.5. The van der Waals surface area contributed by atoms with Crippen molar-refractivity contribution in [2.45, 2.75) is 13.0 Å². The van der Waals surface area contributed by atoms with Crippen LogP contribution in [0.25, 0.3) is 4.96 Å². The van der Waals surface area contributed by atoms with E-state index in [0.717, 1.165) is 47.3 Å². The fourth-order valence-corrected chi connectivity index (χ4v) is 5.84. The van der Waals surface area contributed by atoms with Gasteiger partial charge in [-0.25, -0.2) is 4.98 Å². The van der Waals surface area contributed by atoms with Crippen molar-refractivity contribution in [1.82, 2.24) is 19.5 Å². The van der Waals surface area contributed by atoms with Crippen LogP contribution in [0.4, 0.5) is 5.69 Å². The predicted molar refractivity (Wildman–Crippen MR) is 134 cm³/mol. The molecule has 178 valence electrons. The molecule has 2 aromatic heterocycles. The normalized spacial score (nSPS) is 15.6. The van der Waals surface area contributed by atoms with Crippen LogP contribution in [0, 0.1) is 6.92 Å². The van der Waals surface area contributed by atoms with E-state index in [1.165, 1.54) is 15.9 Å². The van der Waals surface area contributed by atoms with E-state index in [1.807, 2.05) is 43.3 Å². The lowest BCUT2D eigenvalue weighted by Crippen LogP contribution is -2.47. The van der Waals surface area contributed by atoms with Crippen LogP contribution in [0.2, 0.25) is 5.02 Å². The molecule has 0 radical (unpaired) electrons. The Balaban J connectivity index is 1.51. The Bertz CT molecular complexity index is 1320. The lowest BCUT2D eigenvalue weighted by atomic mass is 10.0. The van der Waals surface area contributed by atoms with Gasteiger partial charge in [0.1, 0.15) is 5.82 Å². The maximum absolute atomic E-state index is 11.1. The summed E-state index contributed by atoms with van der Waals surface area (Å²) in [5, 5.41) is 16.2. The number of rotatable bonds is 6. The zero-order chi connectivity index (χ0) is 23.8. The third-order valence-electron chi connectivity index (χ3n) is 6.13. The van der Waals surface area contributed by atoms with Crippen molar-refractivity contribution in [2.75, 3.05) is 45.3 Å². The lowest BCUT2D eigenvalue weighted by Gasteiger charge is -2.40. The van der Waals surface area contributed by atoms with Crippen molar-refractivity contribution in [3.05, 3.63) is 63.8 Å². The number of anilines is 1. The van der Waals surface area contributed by atoms with Gasteiger partial charge >= 0.3 is 0 Å². The van der Waals surface area contributed by atoms with Crippen LogP contribution in [-0.2, 0) is 0 Å². The van der Waals surface area contributed by atoms with Crippen LogP contribution in [0.3, 0.4) is 0 Å². The van der Waals surface area contributed by atoms with E-state index in [-0.39, 0.29) is 11.9 Å². The van der Waals surface area contributed by atoms with Gasteiger partial charge in [0.25, 0.3) is 0 Å². The number of benzene rings is 2. The molecule has 1 aliphatic heterocycles. The van der Waals surface area contributed by atoms with E-state index in [2.05, 4.69) is 25.9 Å². The molecular formula is C24H26ClN5O3S. The van der Waals surface area contributed by atoms with Gasteiger partial charge in [0.05, 0.1) is 25.1 Å². The minimum atomic E-state index is -0.185. The number of piperazine rings is 1. The van der Waals surface area contributed by atoms with Gasteiger partial charge in [-0.15, -0.1) is 5.10 Å². The Hall–Kier alpha value is -3.01. The van der Waals surface area contributed by atoms with Crippen molar-refractivity contribution in [3.63, 3.8) is 0 Å². The Morgan fingerprint density at radius 1 is 1.03 bits per heavy atom. The molecule has 0 aliphatic carbocycles. The van der Waals surface area contributed by atoms with Crippen LogP contribution >= 0.6 is 22.9 Å². The van der Waals surface area contributed by atoms with Crippen LogP contribution in [-0.4, -0.2) is 65.0 Å². The number of nitrogens with zero attached hydrogens (tertiary/aromatic N) is 5. The van der Waals surface area contributed by atoms with Gasteiger partial charge in [0.15, 0.2) is 11.5 Å². The fraction of sp³-hybridized carbons (Fsp3) is 0.333. The minimum Gasteiger partial charge on any atom is -0.493 e. The first-order chi connectivity index (χ1) is 16.5. The molecule has 1 N–H and O–H groups in total. The Morgan fingerprint density at radius 3 is 2.47 bits per heavy atom. The number of ether oxygens (including phenoxy) is 2. The number of methoxy groups -OCH3 is 2. The molecule has 1 aliphatic rings. The van der Waals surface area contributed by atoms with Crippen LogP contribution in [0.5, 0.6) is 17.4 Å². The summed E-state index contributed by atoms with van der Waals surface area (Å²) in [6.07, 6.45) is 0. The molecule has 8 nitrogen and oxygen atoms in total. The molecule has 10 heteroatoms. The summed E-state index contributed by atoms with van der Waals surface area (Å²) >= 11 is 7.67. The number of aromatic hydroxyl groups is 1. The first-order valence-corrected chi connectivity index (χ1v) is 12.2.